The van der Waals surface area contributed by atoms with Gasteiger partial charge in [0, 0.05) is 24.7 Å². The van der Waals surface area contributed by atoms with E-state index in [1.165, 1.54) is 18.4 Å². The topological polar surface area (TPSA) is 42.4 Å². The SMILES string of the molecule is CN(Cc1ccoc1)C(CN)C1CC1. The summed E-state index contributed by atoms with van der Waals surface area (Å²) in [4.78, 5) is 2.34. The van der Waals surface area contributed by atoms with Gasteiger partial charge >= 0.3 is 0 Å². The van der Waals surface area contributed by atoms with Crippen LogP contribution >= 0.6 is 0 Å². The number of furan rings is 1. The van der Waals surface area contributed by atoms with Crippen molar-refractivity contribution in [3.05, 3.63) is 24.2 Å². The molecule has 14 heavy (non-hydrogen) atoms. The lowest BCUT2D eigenvalue weighted by Crippen LogP contribution is -2.39. The van der Waals surface area contributed by atoms with Crippen LogP contribution in [0.2, 0.25) is 0 Å². The number of nitrogens with two attached hydrogens (primary N) is 1. The van der Waals surface area contributed by atoms with Crippen LogP contribution in [0.4, 0.5) is 0 Å². The zero-order valence-electron chi connectivity index (χ0n) is 8.65. The van der Waals surface area contributed by atoms with Crippen LogP contribution in [-0.2, 0) is 6.54 Å². The Kier molecular flexibility index (Phi) is 2.89. The van der Waals surface area contributed by atoms with Crippen molar-refractivity contribution in [2.45, 2.75) is 25.4 Å². The Morgan fingerprint density at radius 1 is 1.64 bits per heavy atom. The molecule has 0 aromatic carbocycles. The Morgan fingerprint density at radius 3 is 2.93 bits per heavy atom. The number of rotatable bonds is 5. The summed E-state index contributed by atoms with van der Waals surface area (Å²) in [5.41, 5.74) is 7.01. The van der Waals surface area contributed by atoms with Gasteiger partial charge in [-0.05, 0) is 31.9 Å². The molecular weight excluding hydrogens is 176 g/mol. The van der Waals surface area contributed by atoms with E-state index in [2.05, 4.69) is 11.9 Å². The molecule has 1 heterocycles. The first kappa shape index (κ1) is 9.74. The summed E-state index contributed by atoms with van der Waals surface area (Å²) in [7, 11) is 2.14. The van der Waals surface area contributed by atoms with Gasteiger partial charge in [-0.3, -0.25) is 4.90 Å². The van der Waals surface area contributed by atoms with Gasteiger partial charge in [0.15, 0.2) is 0 Å². The van der Waals surface area contributed by atoms with Crippen LogP contribution in [0.5, 0.6) is 0 Å². The molecule has 2 N–H and O–H groups in total. The Labute approximate surface area is 84.9 Å². The molecule has 1 aromatic rings. The summed E-state index contributed by atoms with van der Waals surface area (Å²) in [5.74, 6) is 0.830. The van der Waals surface area contributed by atoms with Crippen molar-refractivity contribution in [3.63, 3.8) is 0 Å². The maximum atomic E-state index is 5.78. The van der Waals surface area contributed by atoms with Gasteiger partial charge in [-0.25, -0.2) is 0 Å². The van der Waals surface area contributed by atoms with Gasteiger partial charge in [0.25, 0.3) is 0 Å². The van der Waals surface area contributed by atoms with Crippen LogP contribution in [0.3, 0.4) is 0 Å². The molecular formula is C11H18N2O. The molecule has 1 saturated carbocycles. The van der Waals surface area contributed by atoms with E-state index >= 15 is 0 Å². The first-order chi connectivity index (χ1) is 6.81. The normalized spacial score (nSPS) is 18.8. The summed E-state index contributed by atoms with van der Waals surface area (Å²) in [6, 6.07) is 2.56. The summed E-state index contributed by atoms with van der Waals surface area (Å²) in [6.45, 7) is 1.70. The molecule has 0 spiro atoms. The second kappa shape index (κ2) is 4.15. The second-order valence-corrected chi connectivity index (χ2v) is 4.19. The van der Waals surface area contributed by atoms with E-state index in [0.29, 0.717) is 6.04 Å². The van der Waals surface area contributed by atoms with Crippen LogP contribution in [0.15, 0.2) is 23.0 Å². The predicted molar refractivity (Wildman–Crippen MR) is 55.7 cm³/mol. The lowest BCUT2D eigenvalue weighted by Gasteiger charge is -2.26. The lowest BCUT2D eigenvalue weighted by atomic mass is 10.1. The second-order valence-electron chi connectivity index (χ2n) is 4.19. The van der Waals surface area contributed by atoms with E-state index in [1.807, 2.05) is 6.07 Å². The number of hydrogen-bond donors (Lipinski definition) is 1. The highest BCUT2D eigenvalue weighted by Gasteiger charge is 2.32. The molecule has 0 bridgehead atoms. The van der Waals surface area contributed by atoms with Crippen molar-refractivity contribution in [3.8, 4) is 0 Å². The van der Waals surface area contributed by atoms with E-state index in [4.69, 9.17) is 10.2 Å². The van der Waals surface area contributed by atoms with Crippen molar-refractivity contribution >= 4 is 0 Å². The molecule has 3 heteroatoms. The smallest absolute Gasteiger partial charge is 0.0947 e. The van der Waals surface area contributed by atoms with E-state index in [9.17, 15) is 0 Å². The molecule has 1 atom stereocenters. The zero-order chi connectivity index (χ0) is 9.97. The van der Waals surface area contributed by atoms with Gasteiger partial charge in [0.05, 0.1) is 12.5 Å². The van der Waals surface area contributed by atoms with Crippen LogP contribution < -0.4 is 5.73 Å². The molecule has 0 saturated heterocycles. The lowest BCUT2D eigenvalue weighted by molar-refractivity contribution is 0.215. The fourth-order valence-corrected chi connectivity index (χ4v) is 2.00. The highest BCUT2D eigenvalue weighted by molar-refractivity contribution is 5.05. The van der Waals surface area contributed by atoms with Gasteiger partial charge in [-0.15, -0.1) is 0 Å². The molecule has 3 nitrogen and oxygen atoms in total. The maximum Gasteiger partial charge on any atom is 0.0947 e. The van der Waals surface area contributed by atoms with Crippen LogP contribution in [0.25, 0.3) is 0 Å². The fraction of sp³-hybridized carbons (Fsp3) is 0.636. The van der Waals surface area contributed by atoms with Crippen molar-refractivity contribution < 1.29 is 4.42 Å². The maximum absolute atomic E-state index is 5.78. The number of nitrogens with zero attached hydrogens (tertiary/aromatic N) is 1. The van der Waals surface area contributed by atoms with Crippen LogP contribution in [0.1, 0.15) is 18.4 Å². The summed E-state index contributed by atoms with van der Waals surface area (Å²) in [5, 5.41) is 0. The Morgan fingerprint density at radius 2 is 2.43 bits per heavy atom. The average molecular weight is 194 g/mol. The standard InChI is InChI=1S/C11H18N2O/c1-13(7-9-4-5-14-8-9)11(6-12)10-2-3-10/h4-5,8,10-11H,2-3,6-7,12H2,1H3. The molecule has 78 valence electrons. The largest absolute Gasteiger partial charge is 0.472 e. The average Bonchev–Trinajstić information content (AvgIpc) is 2.86. The molecule has 0 amide bonds. The molecule has 0 aliphatic heterocycles. The van der Waals surface area contributed by atoms with Crippen LogP contribution in [0, 0.1) is 5.92 Å². The monoisotopic (exact) mass is 194 g/mol. The van der Waals surface area contributed by atoms with E-state index in [-0.39, 0.29) is 0 Å². The Bertz CT molecular complexity index is 267. The third kappa shape index (κ3) is 2.16. The van der Waals surface area contributed by atoms with Gasteiger partial charge in [-0.1, -0.05) is 0 Å². The quantitative estimate of drug-likeness (QED) is 0.771. The summed E-state index contributed by atoms with van der Waals surface area (Å²) >= 11 is 0. The van der Waals surface area contributed by atoms with Crippen LogP contribution in [-0.4, -0.2) is 24.5 Å². The summed E-state index contributed by atoms with van der Waals surface area (Å²) < 4.78 is 5.05. The highest BCUT2D eigenvalue weighted by Crippen LogP contribution is 2.34. The molecule has 1 unspecified atom stereocenters. The van der Waals surface area contributed by atoms with Gasteiger partial charge in [0.1, 0.15) is 0 Å². The minimum atomic E-state index is 0.546. The fourth-order valence-electron chi connectivity index (χ4n) is 2.00. The summed E-state index contributed by atoms with van der Waals surface area (Å²) in [6.07, 6.45) is 6.21. The van der Waals surface area contributed by atoms with E-state index < -0.39 is 0 Å². The Hall–Kier alpha value is -0.800. The molecule has 1 aromatic heterocycles. The minimum Gasteiger partial charge on any atom is -0.472 e. The van der Waals surface area contributed by atoms with E-state index in [0.717, 1.165) is 19.0 Å². The van der Waals surface area contributed by atoms with Gasteiger partial charge < -0.3 is 10.2 Å². The Balaban J connectivity index is 1.90. The van der Waals surface area contributed by atoms with Crippen molar-refractivity contribution in [1.82, 2.24) is 4.90 Å². The first-order valence-corrected chi connectivity index (χ1v) is 5.22. The van der Waals surface area contributed by atoms with Crippen molar-refractivity contribution in [2.75, 3.05) is 13.6 Å². The number of likely N-dealkylation sites (N-methyl/N-ethyl adjacent to an activating group) is 1. The third-order valence-corrected chi connectivity index (χ3v) is 2.99. The predicted octanol–water partition coefficient (Wildman–Crippen LogP) is 1.45. The minimum absolute atomic E-state index is 0.546. The molecule has 2 rings (SSSR count). The molecule has 1 aliphatic carbocycles. The third-order valence-electron chi connectivity index (χ3n) is 2.99. The first-order valence-electron chi connectivity index (χ1n) is 5.22. The highest BCUT2D eigenvalue weighted by atomic mass is 16.3. The molecule has 1 fully saturated rings. The molecule has 0 radical (unpaired) electrons. The van der Waals surface area contributed by atoms with Crippen molar-refractivity contribution in [1.29, 1.82) is 0 Å². The van der Waals surface area contributed by atoms with Crippen molar-refractivity contribution in [2.24, 2.45) is 11.7 Å². The number of hydrogen-bond acceptors (Lipinski definition) is 3. The van der Waals surface area contributed by atoms with Gasteiger partial charge in [0.2, 0.25) is 0 Å². The van der Waals surface area contributed by atoms with E-state index in [1.54, 1.807) is 12.5 Å². The zero-order valence-corrected chi connectivity index (χ0v) is 8.65. The molecule has 1 aliphatic rings. The van der Waals surface area contributed by atoms with Gasteiger partial charge in [-0.2, -0.15) is 0 Å².